The molecule has 2 aromatic heterocycles. The van der Waals surface area contributed by atoms with Crippen LogP contribution in [-0.2, 0) is 0 Å². The molecule has 34 heavy (non-hydrogen) atoms. The van der Waals surface area contributed by atoms with Crippen molar-refractivity contribution >= 4 is 34.2 Å². The van der Waals surface area contributed by atoms with E-state index in [1.54, 1.807) is 12.3 Å². The maximum absolute atomic E-state index is 13.0. The Balaban J connectivity index is 1.78. The summed E-state index contributed by atoms with van der Waals surface area (Å²) in [6.07, 6.45) is 1.70. The molecule has 0 fully saturated rings. The molecule has 0 aliphatic heterocycles. The number of nitrogens with one attached hydrogen (secondary N) is 1. The highest BCUT2D eigenvalue weighted by molar-refractivity contribution is 6.35. The van der Waals surface area contributed by atoms with E-state index >= 15 is 0 Å². The molecule has 8 heteroatoms. The number of rotatable bonds is 8. The average Bonchev–Trinajstić information content (AvgIpc) is 2.87. The second-order valence-electron chi connectivity index (χ2n) is 7.84. The van der Waals surface area contributed by atoms with E-state index in [1.807, 2.05) is 48.5 Å². The van der Waals surface area contributed by atoms with Gasteiger partial charge < -0.3 is 16.0 Å². The van der Waals surface area contributed by atoms with Crippen molar-refractivity contribution in [2.45, 2.75) is 13.8 Å². The molecule has 2 heterocycles. The Morgan fingerprint density at radius 1 is 1.00 bits per heavy atom. The van der Waals surface area contributed by atoms with E-state index in [-0.39, 0.29) is 17.4 Å². The predicted octanol–water partition coefficient (Wildman–Crippen LogP) is 4.67. The highest BCUT2D eigenvalue weighted by Crippen LogP contribution is 2.34. The number of halogens is 1. The first-order valence-corrected chi connectivity index (χ1v) is 11.7. The second-order valence-corrected chi connectivity index (χ2v) is 8.24. The molecule has 0 aliphatic carbocycles. The van der Waals surface area contributed by atoms with Gasteiger partial charge in [-0.3, -0.25) is 9.78 Å². The van der Waals surface area contributed by atoms with Crippen molar-refractivity contribution in [1.29, 1.82) is 0 Å². The number of pyridine rings is 1. The van der Waals surface area contributed by atoms with Crippen LogP contribution in [0.1, 0.15) is 24.3 Å². The normalized spacial score (nSPS) is 11.2. The van der Waals surface area contributed by atoms with Gasteiger partial charge in [-0.2, -0.15) is 0 Å². The summed E-state index contributed by atoms with van der Waals surface area (Å²) in [7, 11) is 0. The molecular formula is C26H27ClN6O. The van der Waals surface area contributed by atoms with Crippen LogP contribution in [0, 0.1) is 0 Å². The van der Waals surface area contributed by atoms with Crippen LogP contribution in [0.2, 0.25) is 5.02 Å². The third-order valence-corrected chi connectivity index (χ3v) is 6.01. The summed E-state index contributed by atoms with van der Waals surface area (Å²) >= 11 is 6.55. The molecule has 3 N–H and O–H groups in total. The predicted molar refractivity (Wildman–Crippen MR) is 138 cm³/mol. The Labute approximate surface area is 204 Å². The summed E-state index contributed by atoms with van der Waals surface area (Å²) in [5.74, 6) is -0.275. The number of amides is 1. The van der Waals surface area contributed by atoms with Gasteiger partial charge in [0.05, 0.1) is 21.9 Å². The maximum atomic E-state index is 13.0. The van der Waals surface area contributed by atoms with Crippen molar-refractivity contribution in [3.05, 3.63) is 71.5 Å². The van der Waals surface area contributed by atoms with Gasteiger partial charge in [0.2, 0.25) is 0 Å². The van der Waals surface area contributed by atoms with E-state index in [9.17, 15) is 4.79 Å². The third kappa shape index (κ3) is 5.00. The van der Waals surface area contributed by atoms with E-state index in [0.717, 1.165) is 36.1 Å². The van der Waals surface area contributed by atoms with Crippen molar-refractivity contribution < 1.29 is 4.79 Å². The fourth-order valence-corrected chi connectivity index (χ4v) is 4.13. The number of fused-ring (bicyclic) bond motifs is 1. The molecule has 0 saturated heterocycles. The minimum Gasteiger partial charge on any atom is -0.382 e. The number of anilines is 1. The van der Waals surface area contributed by atoms with Gasteiger partial charge in [0, 0.05) is 35.8 Å². The van der Waals surface area contributed by atoms with Crippen LogP contribution in [0.3, 0.4) is 0 Å². The van der Waals surface area contributed by atoms with Gasteiger partial charge in [-0.15, -0.1) is 0 Å². The van der Waals surface area contributed by atoms with Crippen LogP contribution in [0.25, 0.3) is 33.4 Å². The zero-order valence-electron chi connectivity index (χ0n) is 19.3. The fraction of sp³-hybridized carbons (Fsp3) is 0.231. The fourth-order valence-electron chi connectivity index (χ4n) is 3.85. The number of nitrogens with two attached hydrogens (primary N) is 1. The summed E-state index contributed by atoms with van der Waals surface area (Å²) < 4.78 is 0. The lowest BCUT2D eigenvalue weighted by molar-refractivity contribution is 0.0944. The Hall–Kier alpha value is -3.55. The topological polar surface area (TPSA) is 97.0 Å². The lowest BCUT2D eigenvalue weighted by atomic mass is 10.0. The third-order valence-electron chi connectivity index (χ3n) is 5.72. The SMILES string of the molecule is CCN(CC)CCNC(=O)c1nc(-c2cc(Cl)c3ncccc3c2)c(-c2ccccc2)nc1N. The quantitative estimate of drug-likeness (QED) is 0.385. The molecule has 4 rings (SSSR count). The second kappa shape index (κ2) is 10.6. The van der Waals surface area contributed by atoms with Crippen LogP contribution in [-0.4, -0.2) is 51.9 Å². The van der Waals surface area contributed by atoms with Crippen LogP contribution in [0.15, 0.2) is 60.8 Å². The van der Waals surface area contributed by atoms with E-state index in [4.69, 9.17) is 22.3 Å². The number of carbonyl (C=O) groups excluding carboxylic acids is 1. The summed E-state index contributed by atoms with van der Waals surface area (Å²) in [6, 6.07) is 17.2. The van der Waals surface area contributed by atoms with E-state index < -0.39 is 0 Å². The van der Waals surface area contributed by atoms with Crippen LogP contribution in [0.4, 0.5) is 5.82 Å². The van der Waals surface area contributed by atoms with Crippen molar-refractivity contribution in [2.75, 3.05) is 31.9 Å². The molecule has 2 aromatic carbocycles. The smallest absolute Gasteiger partial charge is 0.273 e. The van der Waals surface area contributed by atoms with Crippen LogP contribution in [0.5, 0.6) is 0 Å². The standard InChI is InChI=1S/C26H27ClN6O/c1-3-33(4-2)14-13-30-26(34)24-25(28)32-22(17-9-6-5-7-10-17)23(31-24)19-15-18-11-8-12-29-21(18)20(27)16-19/h5-12,15-16H,3-4,13-14H2,1-2H3,(H2,28,32)(H,30,34). The van der Waals surface area contributed by atoms with Crippen molar-refractivity contribution in [3.63, 3.8) is 0 Å². The molecule has 0 radical (unpaired) electrons. The Morgan fingerprint density at radius 3 is 2.47 bits per heavy atom. The minimum atomic E-state index is -0.355. The number of carbonyl (C=O) groups is 1. The number of nitrogens with zero attached hydrogens (tertiary/aromatic N) is 4. The van der Waals surface area contributed by atoms with Gasteiger partial charge in [0.25, 0.3) is 5.91 Å². The number of likely N-dealkylation sites (N-methyl/N-ethyl adjacent to an activating group) is 1. The first-order valence-electron chi connectivity index (χ1n) is 11.3. The maximum Gasteiger partial charge on any atom is 0.273 e. The molecule has 0 aliphatic rings. The van der Waals surface area contributed by atoms with Crippen molar-refractivity contribution in [3.8, 4) is 22.5 Å². The van der Waals surface area contributed by atoms with Crippen LogP contribution < -0.4 is 11.1 Å². The van der Waals surface area contributed by atoms with Gasteiger partial charge >= 0.3 is 0 Å². The monoisotopic (exact) mass is 474 g/mol. The van der Waals surface area contributed by atoms with Crippen molar-refractivity contribution in [2.24, 2.45) is 0 Å². The highest BCUT2D eigenvalue weighted by Gasteiger charge is 2.20. The molecule has 0 bridgehead atoms. The zero-order chi connectivity index (χ0) is 24.1. The molecule has 1 amide bonds. The molecule has 0 spiro atoms. The van der Waals surface area contributed by atoms with Gasteiger partial charge in [-0.05, 0) is 31.3 Å². The van der Waals surface area contributed by atoms with Gasteiger partial charge in [-0.25, -0.2) is 9.97 Å². The number of hydrogen-bond acceptors (Lipinski definition) is 6. The van der Waals surface area contributed by atoms with Gasteiger partial charge in [0.15, 0.2) is 11.5 Å². The number of aromatic nitrogens is 3. The molecule has 174 valence electrons. The Kier molecular flexibility index (Phi) is 7.35. The molecular weight excluding hydrogens is 448 g/mol. The summed E-state index contributed by atoms with van der Waals surface area (Å²) in [5, 5.41) is 4.28. The summed E-state index contributed by atoms with van der Waals surface area (Å²) in [4.78, 5) is 28.9. The number of benzene rings is 2. The molecule has 0 unspecified atom stereocenters. The van der Waals surface area contributed by atoms with Crippen LogP contribution >= 0.6 is 11.6 Å². The molecule has 0 saturated carbocycles. The first-order chi connectivity index (χ1) is 16.5. The van der Waals surface area contributed by atoms with Gasteiger partial charge in [-0.1, -0.05) is 61.8 Å². The van der Waals surface area contributed by atoms with E-state index in [0.29, 0.717) is 28.5 Å². The highest BCUT2D eigenvalue weighted by atomic mass is 35.5. The molecule has 0 atom stereocenters. The largest absolute Gasteiger partial charge is 0.382 e. The zero-order valence-corrected chi connectivity index (χ0v) is 20.0. The molecule has 4 aromatic rings. The average molecular weight is 475 g/mol. The van der Waals surface area contributed by atoms with Gasteiger partial charge in [0.1, 0.15) is 0 Å². The molecule has 7 nitrogen and oxygen atoms in total. The number of hydrogen-bond donors (Lipinski definition) is 2. The Morgan fingerprint density at radius 2 is 1.74 bits per heavy atom. The summed E-state index contributed by atoms with van der Waals surface area (Å²) in [6.45, 7) is 7.25. The van der Waals surface area contributed by atoms with E-state index in [1.165, 1.54) is 0 Å². The van der Waals surface area contributed by atoms with E-state index in [2.05, 4.69) is 34.0 Å². The number of nitrogen functional groups attached to an aromatic ring is 1. The first kappa shape index (κ1) is 23.6. The lowest BCUT2D eigenvalue weighted by Gasteiger charge is -2.18. The lowest BCUT2D eigenvalue weighted by Crippen LogP contribution is -2.35. The van der Waals surface area contributed by atoms with Crippen molar-refractivity contribution in [1.82, 2.24) is 25.2 Å². The minimum absolute atomic E-state index is 0.0801. The summed E-state index contributed by atoms with van der Waals surface area (Å²) in [5.41, 5.74) is 9.71. The Bertz CT molecular complexity index is 1310.